The fourth-order valence-electron chi connectivity index (χ4n) is 6.01. The number of aliphatic hydroxyl groups is 1. The summed E-state index contributed by atoms with van der Waals surface area (Å²) in [6, 6.07) is -1.38. The van der Waals surface area contributed by atoms with Gasteiger partial charge in [-0.3, -0.25) is 14.4 Å². The average molecular weight is 683 g/mol. The fraction of sp³-hybridized carbons (Fsp3) is 0.897. The summed E-state index contributed by atoms with van der Waals surface area (Å²) < 4.78 is 5.95. The molecule has 2 atom stereocenters. The molecule has 0 aromatic carbocycles. The van der Waals surface area contributed by atoms with Crippen molar-refractivity contribution >= 4 is 23.8 Å². The molecule has 4 N–H and O–H groups in total. The Labute approximate surface area is 293 Å². The smallest absolute Gasteiger partial charge is 0.328 e. The van der Waals surface area contributed by atoms with Gasteiger partial charge in [-0.15, -0.1) is 0 Å². The molecular formula is C39H74N2O7. The lowest BCUT2D eigenvalue weighted by molar-refractivity contribution is -0.150. The molecule has 9 nitrogen and oxygen atoms in total. The van der Waals surface area contributed by atoms with E-state index < -0.39 is 24.5 Å². The molecule has 2 amide bonds. The molecule has 2 unspecified atom stereocenters. The van der Waals surface area contributed by atoms with Crippen LogP contribution in [0.15, 0.2) is 0 Å². The zero-order valence-corrected chi connectivity index (χ0v) is 31.0. The number of aliphatic hydroxyl groups excluding tert-OH is 1. The Morgan fingerprint density at radius 3 is 1.35 bits per heavy atom. The van der Waals surface area contributed by atoms with E-state index >= 15 is 0 Å². The predicted octanol–water partition coefficient (Wildman–Crippen LogP) is 8.93. The second-order valence-corrected chi connectivity index (χ2v) is 13.7. The van der Waals surface area contributed by atoms with Gasteiger partial charge < -0.3 is 25.6 Å². The third-order valence-corrected chi connectivity index (χ3v) is 9.10. The molecular weight excluding hydrogens is 608 g/mol. The number of carbonyl (C=O) groups is 4. The van der Waals surface area contributed by atoms with E-state index in [2.05, 4.69) is 24.5 Å². The van der Waals surface area contributed by atoms with Gasteiger partial charge in [0.2, 0.25) is 11.8 Å². The van der Waals surface area contributed by atoms with Crippen LogP contribution in [-0.2, 0) is 23.9 Å². The highest BCUT2D eigenvalue weighted by atomic mass is 16.5. The SMILES string of the molecule is CCCCCCCCCCCCCCCCCC(=O)OC(CCCCCCCC)CCCCCCC(=O)NCC(=O)NC(CO)C(=O)O. The van der Waals surface area contributed by atoms with Gasteiger partial charge in [-0.25, -0.2) is 4.79 Å². The van der Waals surface area contributed by atoms with Crippen molar-refractivity contribution in [1.82, 2.24) is 10.6 Å². The summed E-state index contributed by atoms with van der Waals surface area (Å²) >= 11 is 0. The van der Waals surface area contributed by atoms with Crippen LogP contribution in [-0.4, -0.2) is 59.3 Å². The Morgan fingerprint density at radius 2 is 0.938 bits per heavy atom. The molecule has 0 radical (unpaired) electrons. The number of amides is 2. The third-order valence-electron chi connectivity index (χ3n) is 9.10. The number of hydrogen-bond donors (Lipinski definition) is 4. The molecule has 0 aromatic heterocycles. The van der Waals surface area contributed by atoms with Gasteiger partial charge in [0.1, 0.15) is 12.1 Å². The maximum Gasteiger partial charge on any atom is 0.328 e. The Morgan fingerprint density at radius 1 is 0.542 bits per heavy atom. The predicted molar refractivity (Wildman–Crippen MR) is 195 cm³/mol. The van der Waals surface area contributed by atoms with Crippen molar-refractivity contribution < 1.29 is 34.1 Å². The summed E-state index contributed by atoms with van der Waals surface area (Å²) in [5, 5.41) is 22.5. The van der Waals surface area contributed by atoms with Crippen LogP contribution in [0.5, 0.6) is 0 Å². The van der Waals surface area contributed by atoms with Crippen molar-refractivity contribution in [1.29, 1.82) is 0 Å². The third kappa shape index (κ3) is 31.1. The first-order valence-electron chi connectivity index (χ1n) is 19.9. The molecule has 0 aliphatic heterocycles. The molecule has 0 aromatic rings. The first-order valence-corrected chi connectivity index (χ1v) is 19.9. The minimum Gasteiger partial charge on any atom is -0.480 e. The summed E-state index contributed by atoms with van der Waals surface area (Å²) in [6.45, 7) is 3.45. The van der Waals surface area contributed by atoms with E-state index in [1.165, 1.54) is 116 Å². The van der Waals surface area contributed by atoms with E-state index in [1.807, 2.05) is 0 Å². The van der Waals surface area contributed by atoms with E-state index in [1.54, 1.807) is 0 Å². The van der Waals surface area contributed by atoms with Crippen molar-refractivity contribution in [2.24, 2.45) is 0 Å². The summed E-state index contributed by atoms with van der Waals surface area (Å²) in [7, 11) is 0. The number of carboxylic acid groups (broad SMARTS) is 1. The number of aliphatic carboxylic acids is 1. The highest BCUT2D eigenvalue weighted by molar-refractivity contribution is 5.87. The Balaban J connectivity index is 4.10. The van der Waals surface area contributed by atoms with Crippen LogP contribution < -0.4 is 10.6 Å². The standard InChI is InChI=1S/C39H74N2O7/c1-3-5-7-9-11-12-13-14-15-16-17-18-19-21-27-31-38(45)48-34(28-24-20-10-8-6-4-2)29-25-22-23-26-30-36(43)40-32-37(44)41-35(33-42)39(46)47/h34-35,42H,3-33H2,1-2H3,(H,40,43)(H,41,44)(H,46,47). The number of ether oxygens (including phenoxy) is 1. The van der Waals surface area contributed by atoms with E-state index in [0.29, 0.717) is 12.8 Å². The minimum absolute atomic E-state index is 0.0321. The molecule has 0 aliphatic rings. The Hall–Kier alpha value is -2.16. The minimum atomic E-state index is -1.38. The van der Waals surface area contributed by atoms with Crippen molar-refractivity contribution in [3.05, 3.63) is 0 Å². The topological polar surface area (TPSA) is 142 Å². The Bertz CT molecular complexity index is 792. The van der Waals surface area contributed by atoms with Gasteiger partial charge in [-0.1, -0.05) is 149 Å². The van der Waals surface area contributed by atoms with Crippen LogP contribution in [0.2, 0.25) is 0 Å². The molecule has 0 saturated heterocycles. The van der Waals surface area contributed by atoms with Gasteiger partial charge in [-0.2, -0.15) is 0 Å². The molecule has 0 bridgehead atoms. The normalized spacial score (nSPS) is 12.4. The lowest BCUT2D eigenvalue weighted by Crippen LogP contribution is -2.47. The second kappa shape index (κ2) is 34.7. The van der Waals surface area contributed by atoms with Crippen molar-refractivity contribution in [2.45, 2.75) is 212 Å². The summed E-state index contributed by atoms with van der Waals surface area (Å²) in [5.41, 5.74) is 0. The van der Waals surface area contributed by atoms with Gasteiger partial charge in [0.05, 0.1) is 13.2 Å². The first kappa shape index (κ1) is 45.8. The molecule has 0 spiro atoms. The largest absolute Gasteiger partial charge is 0.480 e. The van der Waals surface area contributed by atoms with Crippen LogP contribution in [0.4, 0.5) is 0 Å². The monoisotopic (exact) mass is 683 g/mol. The summed E-state index contributed by atoms with van der Waals surface area (Å²) in [6.07, 6.45) is 32.8. The number of unbranched alkanes of at least 4 members (excludes halogenated alkanes) is 22. The van der Waals surface area contributed by atoms with Gasteiger partial charge >= 0.3 is 11.9 Å². The number of carboxylic acids is 1. The first-order chi connectivity index (χ1) is 23.3. The van der Waals surface area contributed by atoms with Gasteiger partial charge in [0.25, 0.3) is 0 Å². The van der Waals surface area contributed by atoms with Crippen LogP contribution in [0.3, 0.4) is 0 Å². The summed E-state index contributed by atoms with van der Waals surface area (Å²) in [5.74, 6) is -2.32. The van der Waals surface area contributed by atoms with Crippen LogP contribution in [0, 0.1) is 0 Å². The van der Waals surface area contributed by atoms with Crippen LogP contribution in [0.25, 0.3) is 0 Å². The maximum atomic E-state index is 12.7. The number of esters is 1. The molecule has 48 heavy (non-hydrogen) atoms. The zero-order chi connectivity index (χ0) is 35.5. The maximum absolute atomic E-state index is 12.7. The van der Waals surface area contributed by atoms with Gasteiger partial charge in [0.15, 0.2) is 0 Å². The lowest BCUT2D eigenvalue weighted by atomic mass is 10.0. The van der Waals surface area contributed by atoms with Gasteiger partial charge in [-0.05, 0) is 38.5 Å². The highest BCUT2D eigenvalue weighted by Gasteiger charge is 2.19. The van der Waals surface area contributed by atoms with E-state index in [0.717, 1.165) is 51.4 Å². The number of rotatable bonds is 36. The molecule has 282 valence electrons. The number of carbonyl (C=O) groups excluding carboxylic acids is 3. The van der Waals surface area contributed by atoms with E-state index in [-0.39, 0.29) is 30.9 Å². The molecule has 0 heterocycles. The second-order valence-electron chi connectivity index (χ2n) is 13.7. The quantitative estimate of drug-likeness (QED) is 0.0382. The lowest BCUT2D eigenvalue weighted by Gasteiger charge is -2.18. The van der Waals surface area contributed by atoms with E-state index in [9.17, 15) is 19.2 Å². The number of nitrogens with one attached hydrogen (secondary N) is 2. The Kier molecular flexibility index (Phi) is 33.1. The molecule has 9 heteroatoms. The number of hydrogen-bond acceptors (Lipinski definition) is 6. The average Bonchev–Trinajstić information content (AvgIpc) is 3.07. The van der Waals surface area contributed by atoms with Crippen molar-refractivity contribution in [3.8, 4) is 0 Å². The molecule has 0 rings (SSSR count). The van der Waals surface area contributed by atoms with Crippen LogP contribution >= 0.6 is 0 Å². The molecule has 0 saturated carbocycles. The summed E-state index contributed by atoms with van der Waals surface area (Å²) in [4.78, 5) is 47.3. The molecule has 0 aliphatic carbocycles. The van der Waals surface area contributed by atoms with Crippen molar-refractivity contribution in [2.75, 3.05) is 13.2 Å². The van der Waals surface area contributed by atoms with E-state index in [4.69, 9.17) is 14.9 Å². The van der Waals surface area contributed by atoms with Crippen LogP contribution in [0.1, 0.15) is 200 Å². The van der Waals surface area contributed by atoms with Gasteiger partial charge in [0, 0.05) is 12.8 Å². The fourth-order valence-corrected chi connectivity index (χ4v) is 6.01. The zero-order valence-electron chi connectivity index (χ0n) is 31.0. The van der Waals surface area contributed by atoms with Crippen molar-refractivity contribution in [3.63, 3.8) is 0 Å². The molecule has 0 fully saturated rings. The highest BCUT2D eigenvalue weighted by Crippen LogP contribution is 2.18.